The van der Waals surface area contributed by atoms with E-state index in [0.29, 0.717) is 16.7 Å². The van der Waals surface area contributed by atoms with E-state index in [1.165, 1.54) is 4.68 Å². The summed E-state index contributed by atoms with van der Waals surface area (Å²) in [4.78, 5) is 11.7. The Morgan fingerprint density at radius 3 is 2.94 bits per heavy atom. The molecule has 0 saturated carbocycles. The average molecular weight is 312 g/mol. The van der Waals surface area contributed by atoms with E-state index in [4.69, 9.17) is 0 Å². The number of halogens is 1. The van der Waals surface area contributed by atoms with E-state index >= 15 is 0 Å². The topological polar surface area (TPSA) is 64.7 Å². The van der Waals surface area contributed by atoms with Crippen molar-refractivity contribution in [1.29, 1.82) is 0 Å². The molecule has 2 rings (SSSR count). The van der Waals surface area contributed by atoms with Crippen molar-refractivity contribution in [2.45, 2.75) is 19.5 Å². The molecule has 96 valence electrons. The van der Waals surface area contributed by atoms with Crippen LogP contribution in [0.5, 0.6) is 0 Å². The Bertz CT molecular complexity index is 578. The van der Waals surface area contributed by atoms with Gasteiger partial charge >= 0.3 is 0 Å². The van der Waals surface area contributed by atoms with Gasteiger partial charge in [-0.2, -0.15) is 10.2 Å². The molecule has 0 amide bonds. The molecule has 0 aliphatic carbocycles. The fourth-order valence-corrected chi connectivity index (χ4v) is 2.08. The van der Waals surface area contributed by atoms with Gasteiger partial charge in [0.15, 0.2) is 0 Å². The van der Waals surface area contributed by atoms with Crippen molar-refractivity contribution in [2.24, 2.45) is 7.05 Å². The molecule has 2 heterocycles. The molecule has 0 aromatic carbocycles. The van der Waals surface area contributed by atoms with Crippen LogP contribution < -0.4 is 10.9 Å². The zero-order chi connectivity index (χ0) is 13.1. The van der Waals surface area contributed by atoms with Crippen LogP contribution >= 0.6 is 15.9 Å². The van der Waals surface area contributed by atoms with Crippen molar-refractivity contribution < 1.29 is 0 Å². The molecule has 18 heavy (non-hydrogen) atoms. The van der Waals surface area contributed by atoms with Gasteiger partial charge in [0, 0.05) is 25.5 Å². The summed E-state index contributed by atoms with van der Waals surface area (Å²) in [5.41, 5.74) is 0.532. The van der Waals surface area contributed by atoms with Crippen molar-refractivity contribution >= 4 is 21.6 Å². The molecule has 0 radical (unpaired) electrons. The number of aryl methyl sites for hydroxylation is 1. The van der Waals surface area contributed by atoms with Crippen LogP contribution in [0.2, 0.25) is 0 Å². The zero-order valence-electron chi connectivity index (χ0n) is 10.2. The van der Waals surface area contributed by atoms with Crippen LogP contribution in [0.25, 0.3) is 0 Å². The molecule has 1 atom stereocenters. The molecule has 0 bridgehead atoms. The van der Waals surface area contributed by atoms with E-state index in [9.17, 15) is 4.79 Å². The van der Waals surface area contributed by atoms with E-state index < -0.39 is 0 Å². The van der Waals surface area contributed by atoms with Crippen LogP contribution in [0, 0.1) is 0 Å². The third kappa shape index (κ3) is 2.79. The smallest absolute Gasteiger partial charge is 0.282 e. The maximum Gasteiger partial charge on any atom is 0.282 e. The van der Waals surface area contributed by atoms with Crippen LogP contribution in [0.4, 0.5) is 5.69 Å². The minimum Gasteiger partial charge on any atom is -0.378 e. The van der Waals surface area contributed by atoms with Gasteiger partial charge < -0.3 is 5.32 Å². The Hall–Kier alpha value is -1.63. The number of hydrogen-bond acceptors (Lipinski definition) is 4. The highest BCUT2D eigenvalue weighted by atomic mass is 79.9. The standard InChI is InChI=1S/C11H14BrN5O/c1-8(7-17-5-3-4-13-17)15-9-6-14-16(2)11(18)10(9)12/h3-6,8,15H,7H2,1-2H3. The maximum absolute atomic E-state index is 11.7. The zero-order valence-corrected chi connectivity index (χ0v) is 11.8. The van der Waals surface area contributed by atoms with E-state index in [2.05, 4.69) is 31.4 Å². The monoisotopic (exact) mass is 311 g/mol. The summed E-state index contributed by atoms with van der Waals surface area (Å²) in [6, 6.07) is 2.01. The number of nitrogens with one attached hydrogen (secondary N) is 1. The first-order chi connectivity index (χ1) is 8.58. The second-order valence-corrected chi connectivity index (χ2v) is 4.87. The first kappa shape index (κ1) is 12.8. The second kappa shape index (κ2) is 5.34. The Kier molecular flexibility index (Phi) is 3.81. The van der Waals surface area contributed by atoms with Crippen molar-refractivity contribution in [3.05, 3.63) is 39.5 Å². The molecule has 1 unspecified atom stereocenters. The summed E-state index contributed by atoms with van der Waals surface area (Å²) < 4.78 is 3.61. The molecule has 7 heteroatoms. The van der Waals surface area contributed by atoms with Gasteiger partial charge in [0.25, 0.3) is 5.56 Å². The summed E-state index contributed by atoms with van der Waals surface area (Å²) in [5, 5.41) is 11.3. The molecular weight excluding hydrogens is 298 g/mol. The van der Waals surface area contributed by atoms with Crippen molar-refractivity contribution in [1.82, 2.24) is 19.6 Å². The molecule has 2 aromatic rings. The third-order valence-corrected chi connectivity index (χ3v) is 3.27. The van der Waals surface area contributed by atoms with E-state index in [0.717, 1.165) is 0 Å². The fraction of sp³-hybridized carbons (Fsp3) is 0.364. The Morgan fingerprint density at radius 1 is 1.50 bits per heavy atom. The number of hydrogen-bond donors (Lipinski definition) is 1. The minimum absolute atomic E-state index is 0.134. The van der Waals surface area contributed by atoms with Crippen LogP contribution in [0.1, 0.15) is 6.92 Å². The van der Waals surface area contributed by atoms with Crippen LogP contribution in [0.3, 0.4) is 0 Å². The maximum atomic E-state index is 11.7. The average Bonchev–Trinajstić information content (AvgIpc) is 2.83. The van der Waals surface area contributed by atoms with Crippen molar-refractivity contribution in [2.75, 3.05) is 5.32 Å². The summed E-state index contributed by atoms with van der Waals surface area (Å²) in [6.45, 7) is 2.74. The number of rotatable bonds is 4. The SMILES string of the molecule is CC(Cn1cccn1)Nc1cnn(C)c(=O)c1Br. The number of nitrogens with zero attached hydrogens (tertiary/aromatic N) is 4. The summed E-state index contributed by atoms with van der Waals surface area (Å²) in [5.74, 6) is 0. The highest BCUT2D eigenvalue weighted by molar-refractivity contribution is 9.10. The van der Waals surface area contributed by atoms with Crippen LogP contribution in [0.15, 0.2) is 33.9 Å². The van der Waals surface area contributed by atoms with Crippen LogP contribution in [-0.4, -0.2) is 25.6 Å². The lowest BCUT2D eigenvalue weighted by Crippen LogP contribution is -2.26. The number of anilines is 1. The van der Waals surface area contributed by atoms with Gasteiger partial charge in [0.1, 0.15) is 4.47 Å². The molecule has 0 aliphatic heterocycles. The minimum atomic E-state index is -0.161. The highest BCUT2D eigenvalue weighted by Crippen LogP contribution is 2.17. The lowest BCUT2D eigenvalue weighted by atomic mass is 10.3. The second-order valence-electron chi connectivity index (χ2n) is 4.07. The lowest BCUT2D eigenvalue weighted by molar-refractivity contribution is 0.559. The van der Waals surface area contributed by atoms with Gasteiger partial charge in [-0.15, -0.1) is 0 Å². The molecule has 0 fully saturated rings. The molecular formula is C11H14BrN5O. The first-order valence-electron chi connectivity index (χ1n) is 5.53. The van der Waals surface area contributed by atoms with E-state index in [1.807, 2.05) is 23.9 Å². The van der Waals surface area contributed by atoms with Gasteiger partial charge in [-0.3, -0.25) is 9.48 Å². The predicted octanol–water partition coefficient (Wildman–Crippen LogP) is 1.24. The molecule has 1 N–H and O–H groups in total. The van der Waals surface area contributed by atoms with Crippen LogP contribution in [-0.2, 0) is 13.6 Å². The first-order valence-corrected chi connectivity index (χ1v) is 6.33. The predicted molar refractivity (Wildman–Crippen MR) is 72.5 cm³/mol. The van der Waals surface area contributed by atoms with Crippen molar-refractivity contribution in [3.63, 3.8) is 0 Å². The Labute approximate surface area is 113 Å². The molecule has 0 spiro atoms. The summed E-state index contributed by atoms with van der Waals surface area (Å²) >= 11 is 3.28. The van der Waals surface area contributed by atoms with Crippen molar-refractivity contribution in [3.8, 4) is 0 Å². The van der Waals surface area contributed by atoms with Gasteiger partial charge in [-0.1, -0.05) is 0 Å². The molecule has 6 nitrogen and oxygen atoms in total. The van der Waals surface area contributed by atoms with Gasteiger partial charge in [0.2, 0.25) is 0 Å². The Balaban J connectivity index is 2.10. The molecule has 0 aliphatic rings. The Morgan fingerprint density at radius 2 is 2.28 bits per heavy atom. The lowest BCUT2D eigenvalue weighted by Gasteiger charge is -2.16. The molecule has 2 aromatic heterocycles. The normalized spacial score (nSPS) is 12.4. The van der Waals surface area contributed by atoms with E-state index in [1.54, 1.807) is 19.4 Å². The largest absolute Gasteiger partial charge is 0.378 e. The molecule has 0 saturated heterocycles. The summed E-state index contributed by atoms with van der Waals surface area (Å²) in [6.07, 6.45) is 5.27. The van der Waals surface area contributed by atoms with Gasteiger partial charge in [0.05, 0.1) is 18.4 Å². The number of aromatic nitrogens is 4. The fourth-order valence-electron chi connectivity index (χ4n) is 1.61. The summed E-state index contributed by atoms with van der Waals surface area (Å²) in [7, 11) is 1.62. The van der Waals surface area contributed by atoms with Gasteiger partial charge in [-0.25, -0.2) is 4.68 Å². The third-order valence-electron chi connectivity index (χ3n) is 2.50. The van der Waals surface area contributed by atoms with Gasteiger partial charge in [-0.05, 0) is 28.9 Å². The quantitative estimate of drug-likeness (QED) is 0.922. The van der Waals surface area contributed by atoms with E-state index in [-0.39, 0.29) is 11.6 Å². The highest BCUT2D eigenvalue weighted by Gasteiger charge is 2.10.